The number of rotatable bonds is 4. The molecule has 0 aliphatic rings. The van der Waals surface area contributed by atoms with Crippen molar-refractivity contribution in [3.63, 3.8) is 0 Å². The molecule has 0 amide bonds. The van der Waals surface area contributed by atoms with E-state index < -0.39 is 5.92 Å². The van der Waals surface area contributed by atoms with Crippen LogP contribution in [0, 0.1) is 0 Å². The monoisotopic (exact) mass is 308 g/mol. The highest BCUT2D eigenvalue weighted by Crippen LogP contribution is 2.30. The molecule has 2 rings (SSSR count). The number of halogens is 2. The molecule has 2 aromatic carbocycles. The van der Waals surface area contributed by atoms with E-state index in [1.54, 1.807) is 18.2 Å². The summed E-state index contributed by atoms with van der Waals surface area (Å²) < 4.78 is 4.89. The van der Waals surface area contributed by atoms with Crippen molar-refractivity contribution in [3.8, 4) is 0 Å². The normalized spacial score (nSPS) is 11.9. The summed E-state index contributed by atoms with van der Waals surface area (Å²) in [6.45, 7) is 0. The summed E-state index contributed by atoms with van der Waals surface area (Å²) in [6, 6.07) is 14.9. The van der Waals surface area contributed by atoms with Crippen LogP contribution in [0.1, 0.15) is 17.0 Å². The van der Waals surface area contributed by atoms with Crippen LogP contribution >= 0.6 is 23.2 Å². The Hall–Kier alpha value is -1.51. The third-order valence-corrected chi connectivity index (χ3v) is 3.67. The number of benzene rings is 2. The van der Waals surface area contributed by atoms with Gasteiger partial charge < -0.3 is 4.74 Å². The highest BCUT2D eigenvalue weighted by Gasteiger charge is 2.24. The fraction of sp³-hybridized carbons (Fsp3) is 0.188. The van der Waals surface area contributed by atoms with Gasteiger partial charge in [0, 0.05) is 10.0 Å². The standard InChI is InChI=1S/C16H14Cl2O2/c1-20-16(19)14(9-11-5-3-2-4-6-11)13-8-7-12(17)10-15(13)18/h2-8,10,14H,9H2,1H3. The first-order valence-electron chi connectivity index (χ1n) is 6.18. The lowest BCUT2D eigenvalue weighted by Gasteiger charge is -2.16. The molecule has 0 spiro atoms. The van der Waals surface area contributed by atoms with Crippen LogP contribution in [0.3, 0.4) is 0 Å². The molecule has 0 aliphatic carbocycles. The molecule has 0 fully saturated rings. The van der Waals surface area contributed by atoms with Crippen molar-refractivity contribution in [2.24, 2.45) is 0 Å². The molecule has 0 N–H and O–H groups in total. The largest absolute Gasteiger partial charge is 0.469 e. The Kier molecular flexibility index (Phi) is 5.05. The zero-order valence-corrected chi connectivity index (χ0v) is 12.5. The maximum absolute atomic E-state index is 12.0. The summed E-state index contributed by atoms with van der Waals surface area (Å²) in [5, 5.41) is 1.02. The Bertz CT molecular complexity index is 597. The second-order valence-corrected chi connectivity index (χ2v) is 5.27. The van der Waals surface area contributed by atoms with Crippen LogP contribution in [0.15, 0.2) is 48.5 Å². The fourth-order valence-corrected chi connectivity index (χ4v) is 2.64. The van der Waals surface area contributed by atoms with Crippen molar-refractivity contribution in [1.82, 2.24) is 0 Å². The molecule has 0 saturated heterocycles. The number of ether oxygens (including phenoxy) is 1. The molecule has 20 heavy (non-hydrogen) atoms. The smallest absolute Gasteiger partial charge is 0.313 e. The minimum Gasteiger partial charge on any atom is -0.469 e. The van der Waals surface area contributed by atoms with Crippen LogP contribution in [0.25, 0.3) is 0 Å². The van der Waals surface area contributed by atoms with Gasteiger partial charge in [-0.1, -0.05) is 59.6 Å². The lowest BCUT2D eigenvalue weighted by atomic mass is 9.92. The van der Waals surface area contributed by atoms with Crippen LogP contribution in [0.4, 0.5) is 0 Å². The third kappa shape index (κ3) is 3.53. The van der Waals surface area contributed by atoms with Gasteiger partial charge in [0.2, 0.25) is 0 Å². The zero-order valence-electron chi connectivity index (χ0n) is 11.0. The molecule has 0 radical (unpaired) electrons. The fourth-order valence-electron chi connectivity index (χ4n) is 2.10. The summed E-state index contributed by atoms with van der Waals surface area (Å²) in [4.78, 5) is 12.0. The van der Waals surface area contributed by atoms with Gasteiger partial charge in [-0.3, -0.25) is 4.79 Å². The van der Waals surface area contributed by atoms with Crippen molar-refractivity contribution in [2.75, 3.05) is 7.11 Å². The van der Waals surface area contributed by atoms with Gasteiger partial charge in [0.05, 0.1) is 13.0 Å². The number of hydrogen-bond acceptors (Lipinski definition) is 2. The summed E-state index contributed by atoms with van der Waals surface area (Å²) in [7, 11) is 1.38. The molecule has 2 nitrogen and oxygen atoms in total. The summed E-state index contributed by atoms with van der Waals surface area (Å²) >= 11 is 12.1. The highest BCUT2D eigenvalue weighted by atomic mass is 35.5. The second-order valence-electron chi connectivity index (χ2n) is 4.43. The minimum absolute atomic E-state index is 0.307. The number of carbonyl (C=O) groups is 1. The molecule has 0 aliphatic heterocycles. The summed E-state index contributed by atoms with van der Waals surface area (Å²) in [5.74, 6) is -0.745. The molecule has 0 saturated carbocycles. The van der Waals surface area contributed by atoms with Crippen molar-refractivity contribution in [1.29, 1.82) is 0 Å². The van der Waals surface area contributed by atoms with Gasteiger partial charge in [-0.25, -0.2) is 0 Å². The van der Waals surface area contributed by atoms with Crippen LogP contribution in [0.5, 0.6) is 0 Å². The molecule has 0 bridgehead atoms. The van der Waals surface area contributed by atoms with E-state index in [2.05, 4.69) is 0 Å². The van der Waals surface area contributed by atoms with E-state index in [0.29, 0.717) is 16.5 Å². The van der Waals surface area contributed by atoms with E-state index in [-0.39, 0.29) is 5.97 Å². The Balaban J connectivity index is 2.35. The van der Waals surface area contributed by atoms with Crippen molar-refractivity contribution >= 4 is 29.2 Å². The van der Waals surface area contributed by atoms with Gasteiger partial charge >= 0.3 is 5.97 Å². The molecule has 2 aromatic rings. The Labute approximate surface area is 128 Å². The molecular weight excluding hydrogens is 295 g/mol. The molecule has 1 unspecified atom stereocenters. The van der Waals surface area contributed by atoms with Crippen LogP contribution < -0.4 is 0 Å². The van der Waals surface area contributed by atoms with Gasteiger partial charge in [0.15, 0.2) is 0 Å². The predicted octanol–water partition coefficient (Wildman–Crippen LogP) is 4.49. The Morgan fingerprint density at radius 3 is 2.45 bits per heavy atom. The Morgan fingerprint density at radius 1 is 1.15 bits per heavy atom. The van der Waals surface area contributed by atoms with E-state index in [4.69, 9.17) is 27.9 Å². The van der Waals surface area contributed by atoms with E-state index in [0.717, 1.165) is 11.1 Å². The molecule has 104 valence electrons. The molecule has 4 heteroatoms. The third-order valence-electron chi connectivity index (χ3n) is 3.11. The van der Waals surface area contributed by atoms with Crippen molar-refractivity contribution in [3.05, 3.63) is 69.7 Å². The van der Waals surface area contributed by atoms with Gasteiger partial charge in [-0.05, 0) is 29.7 Å². The van der Waals surface area contributed by atoms with Gasteiger partial charge in [0.1, 0.15) is 0 Å². The minimum atomic E-state index is -0.438. The maximum atomic E-state index is 12.0. The van der Waals surface area contributed by atoms with Crippen LogP contribution in [0.2, 0.25) is 10.0 Å². The first-order valence-corrected chi connectivity index (χ1v) is 6.94. The molecule has 0 heterocycles. The van der Waals surface area contributed by atoms with E-state index in [1.165, 1.54) is 7.11 Å². The Morgan fingerprint density at radius 2 is 1.85 bits per heavy atom. The van der Waals surface area contributed by atoms with Crippen LogP contribution in [-0.2, 0) is 16.0 Å². The van der Waals surface area contributed by atoms with Crippen molar-refractivity contribution in [2.45, 2.75) is 12.3 Å². The molecule has 1 atom stereocenters. The molecule has 0 aromatic heterocycles. The SMILES string of the molecule is COC(=O)C(Cc1ccccc1)c1ccc(Cl)cc1Cl. The van der Waals surface area contributed by atoms with E-state index in [9.17, 15) is 4.79 Å². The quantitative estimate of drug-likeness (QED) is 0.778. The number of methoxy groups -OCH3 is 1. The molecular formula is C16H14Cl2O2. The zero-order chi connectivity index (χ0) is 14.5. The van der Waals surface area contributed by atoms with Gasteiger partial charge in [0.25, 0.3) is 0 Å². The van der Waals surface area contributed by atoms with Gasteiger partial charge in [-0.2, -0.15) is 0 Å². The van der Waals surface area contributed by atoms with E-state index in [1.807, 2.05) is 30.3 Å². The average molecular weight is 309 g/mol. The summed E-state index contributed by atoms with van der Waals surface area (Å²) in [6.07, 6.45) is 0.537. The first-order chi connectivity index (χ1) is 9.61. The number of esters is 1. The highest BCUT2D eigenvalue weighted by molar-refractivity contribution is 6.35. The number of hydrogen-bond donors (Lipinski definition) is 0. The van der Waals surface area contributed by atoms with Crippen molar-refractivity contribution < 1.29 is 9.53 Å². The summed E-state index contributed by atoms with van der Waals surface area (Å²) in [5.41, 5.74) is 1.78. The second kappa shape index (κ2) is 6.78. The topological polar surface area (TPSA) is 26.3 Å². The lowest BCUT2D eigenvalue weighted by Crippen LogP contribution is -2.17. The predicted molar refractivity (Wildman–Crippen MR) is 81.4 cm³/mol. The van der Waals surface area contributed by atoms with Crippen LogP contribution in [-0.4, -0.2) is 13.1 Å². The maximum Gasteiger partial charge on any atom is 0.313 e. The van der Waals surface area contributed by atoms with Gasteiger partial charge in [-0.15, -0.1) is 0 Å². The lowest BCUT2D eigenvalue weighted by molar-refractivity contribution is -0.142. The van der Waals surface area contributed by atoms with E-state index >= 15 is 0 Å². The first kappa shape index (κ1) is 14.9. The number of carbonyl (C=O) groups excluding carboxylic acids is 1. The average Bonchev–Trinajstić information content (AvgIpc) is 2.46.